The summed E-state index contributed by atoms with van der Waals surface area (Å²) in [5.74, 6) is 0.00220. The molecule has 1 aliphatic rings. The molecule has 0 amide bonds. The molecule has 1 aromatic carbocycles. The maximum Gasteiger partial charge on any atom is 0.224 e. The minimum absolute atomic E-state index is 0.0743. The molecule has 0 atom stereocenters. The molecule has 0 saturated carbocycles. The summed E-state index contributed by atoms with van der Waals surface area (Å²) in [7, 11) is 0. The predicted molar refractivity (Wildman–Crippen MR) is 107 cm³/mol. The number of benzene rings is 1. The number of hydrogen-bond donors (Lipinski definition) is 2. The molecule has 4 heterocycles. The Morgan fingerprint density at radius 2 is 1.83 bits per heavy atom. The standard InChI is InChI=1S/C21H18FN5O2/c22-21-19(17(28)4-6-24-21)13-1-2-16-15(11-13)20(26-25-16)14-3-5-23-18(12-14)27-7-9-29-10-8-27/h1-6,11-12H,7-10H2,(H,24,28)(H,25,26). The van der Waals surface area contributed by atoms with Gasteiger partial charge in [-0.05, 0) is 35.9 Å². The number of fused-ring (bicyclic) bond motifs is 1. The highest BCUT2D eigenvalue weighted by atomic mass is 19.1. The van der Waals surface area contributed by atoms with Crippen LogP contribution in [0.1, 0.15) is 0 Å². The zero-order valence-corrected chi connectivity index (χ0v) is 15.5. The van der Waals surface area contributed by atoms with Crippen molar-refractivity contribution in [2.24, 2.45) is 0 Å². The number of anilines is 1. The number of rotatable bonds is 3. The van der Waals surface area contributed by atoms with Gasteiger partial charge in [0.2, 0.25) is 5.95 Å². The van der Waals surface area contributed by atoms with Crippen molar-refractivity contribution < 1.29 is 14.2 Å². The maximum absolute atomic E-state index is 14.2. The summed E-state index contributed by atoms with van der Waals surface area (Å²) in [6.45, 7) is 2.95. The van der Waals surface area contributed by atoms with E-state index in [-0.39, 0.29) is 11.3 Å². The van der Waals surface area contributed by atoms with Gasteiger partial charge in [0.25, 0.3) is 0 Å². The van der Waals surface area contributed by atoms with E-state index in [1.165, 1.54) is 12.3 Å². The van der Waals surface area contributed by atoms with E-state index < -0.39 is 5.95 Å². The number of aromatic amines is 1. The van der Waals surface area contributed by atoms with E-state index in [4.69, 9.17) is 4.74 Å². The van der Waals surface area contributed by atoms with Gasteiger partial charge in [0.05, 0.1) is 24.3 Å². The van der Waals surface area contributed by atoms with Crippen molar-refractivity contribution in [3.8, 4) is 28.1 Å². The van der Waals surface area contributed by atoms with Crippen LogP contribution in [0.15, 0.2) is 48.8 Å². The summed E-state index contributed by atoms with van der Waals surface area (Å²) in [5.41, 5.74) is 3.07. The van der Waals surface area contributed by atoms with Crippen molar-refractivity contribution in [3.63, 3.8) is 0 Å². The molecule has 3 aromatic heterocycles. The third kappa shape index (κ3) is 3.17. The number of morpholine rings is 1. The van der Waals surface area contributed by atoms with E-state index in [0.717, 1.165) is 41.1 Å². The lowest BCUT2D eigenvalue weighted by Gasteiger charge is -2.27. The van der Waals surface area contributed by atoms with Gasteiger partial charge in [-0.2, -0.15) is 9.49 Å². The van der Waals surface area contributed by atoms with Crippen molar-refractivity contribution in [2.75, 3.05) is 31.2 Å². The lowest BCUT2D eigenvalue weighted by molar-refractivity contribution is 0.122. The van der Waals surface area contributed by atoms with Crippen LogP contribution in [0.3, 0.4) is 0 Å². The summed E-state index contributed by atoms with van der Waals surface area (Å²) in [4.78, 5) is 10.3. The van der Waals surface area contributed by atoms with E-state index >= 15 is 0 Å². The fourth-order valence-electron chi connectivity index (χ4n) is 3.61. The van der Waals surface area contributed by atoms with Gasteiger partial charge in [-0.25, -0.2) is 9.97 Å². The number of hydrogen-bond acceptors (Lipinski definition) is 6. The number of nitrogens with one attached hydrogen (secondary N) is 1. The van der Waals surface area contributed by atoms with Crippen molar-refractivity contribution >= 4 is 16.7 Å². The van der Waals surface area contributed by atoms with Crippen LogP contribution >= 0.6 is 0 Å². The Bertz CT molecular complexity index is 1170. The van der Waals surface area contributed by atoms with Crippen LogP contribution in [0.2, 0.25) is 0 Å². The van der Waals surface area contributed by atoms with Crippen molar-refractivity contribution in [2.45, 2.75) is 0 Å². The molecule has 4 aromatic rings. The molecule has 5 rings (SSSR count). The first kappa shape index (κ1) is 17.6. The van der Waals surface area contributed by atoms with Gasteiger partial charge < -0.3 is 14.7 Å². The molecule has 0 bridgehead atoms. The van der Waals surface area contributed by atoms with Gasteiger partial charge in [0.1, 0.15) is 17.3 Å². The Labute approximate surface area is 165 Å². The second-order valence-corrected chi connectivity index (χ2v) is 6.83. The van der Waals surface area contributed by atoms with E-state index in [1.54, 1.807) is 12.3 Å². The zero-order valence-electron chi connectivity index (χ0n) is 15.5. The first-order valence-electron chi connectivity index (χ1n) is 9.32. The lowest BCUT2D eigenvalue weighted by atomic mass is 10.0. The maximum atomic E-state index is 14.2. The van der Waals surface area contributed by atoms with Crippen molar-refractivity contribution in [3.05, 3.63) is 54.7 Å². The number of nitrogens with zero attached hydrogens (tertiary/aromatic N) is 4. The Morgan fingerprint density at radius 1 is 1.00 bits per heavy atom. The first-order chi connectivity index (χ1) is 14.2. The molecule has 1 fully saturated rings. The smallest absolute Gasteiger partial charge is 0.224 e. The van der Waals surface area contributed by atoms with Crippen LogP contribution in [0, 0.1) is 5.95 Å². The number of ether oxygens (including phenoxy) is 1. The first-order valence-corrected chi connectivity index (χ1v) is 9.32. The quantitative estimate of drug-likeness (QED) is 0.521. The van der Waals surface area contributed by atoms with Gasteiger partial charge in [-0.3, -0.25) is 5.10 Å². The van der Waals surface area contributed by atoms with Crippen molar-refractivity contribution in [1.82, 2.24) is 20.2 Å². The topological polar surface area (TPSA) is 87.2 Å². The molecule has 8 heteroatoms. The highest BCUT2D eigenvalue weighted by Crippen LogP contribution is 2.35. The summed E-state index contributed by atoms with van der Waals surface area (Å²) < 4.78 is 19.6. The number of aromatic nitrogens is 4. The highest BCUT2D eigenvalue weighted by molar-refractivity contribution is 5.96. The molecular weight excluding hydrogens is 373 g/mol. The molecule has 0 spiro atoms. The second-order valence-electron chi connectivity index (χ2n) is 6.83. The van der Waals surface area contributed by atoms with Crippen molar-refractivity contribution in [1.29, 1.82) is 0 Å². The minimum Gasteiger partial charge on any atom is -0.507 e. The summed E-state index contributed by atoms with van der Waals surface area (Å²) in [6.07, 6.45) is 3.00. The Balaban J connectivity index is 1.59. The van der Waals surface area contributed by atoms with Gasteiger partial charge in [-0.1, -0.05) is 6.07 Å². The molecule has 1 saturated heterocycles. The SMILES string of the molecule is Oc1ccnc(F)c1-c1ccc2[nH]nc(-c3ccnc(N4CCOCC4)c3)c2c1. The molecule has 2 N–H and O–H groups in total. The van der Waals surface area contributed by atoms with E-state index in [9.17, 15) is 9.50 Å². The number of halogens is 1. The summed E-state index contributed by atoms with van der Waals surface area (Å²) in [5, 5.41) is 18.4. The Morgan fingerprint density at radius 3 is 2.66 bits per heavy atom. The minimum atomic E-state index is -0.715. The highest BCUT2D eigenvalue weighted by Gasteiger charge is 2.17. The third-order valence-electron chi connectivity index (χ3n) is 5.09. The number of H-pyrrole nitrogens is 1. The average molecular weight is 391 g/mol. The molecule has 7 nitrogen and oxygen atoms in total. The van der Waals surface area contributed by atoms with Crippen LogP contribution in [-0.2, 0) is 4.74 Å². The van der Waals surface area contributed by atoms with E-state index in [2.05, 4.69) is 25.1 Å². The normalized spacial score (nSPS) is 14.4. The molecule has 0 aliphatic carbocycles. The zero-order chi connectivity index (χ0) is 19.8. The van der Waals surface area contributed by atoms with E-state index in [0.29, 0.717) is 18.8 Å². The second kappa shape index (κ2) is 7.14. The van der Waals surface area contributed by atoms with Gasteiger partial charge in [0, 0.05) is 36.4 Å². The fraction of sp³-hybridized carbons (Fsp3) is 0.190. The van der Waals surface area contributed by atoms with Gasteiger partial charge >= 0.3 is 0 Å². The van der Waals surface area contributed by atoms with Crippen LogP contribution in [0.5, 0.6) is 5.75 Å². The molecule has 0 radical (unpaired) electrons. The number of pyridine rings is 2. The monoisotopic (exact) mass is 391 g/mol. The van der Waals surface area contributed by atoms with E-state index in [1.807, 2.05) is 24.3 Å². The Hall–Kier alpha value is -3.52. The van der Waals surface area contributed by atoms with Crippen LogP contribution in [-0.4, -0.2) is 51.6 Å². The third-order valence-corrected chi connectivity index (χ3v) is 5.09. The van der Waals surface area contributed by atoms with Gasteiger partial charge in [0.15, 0.2) is 0 Å². The largest absolute Gasteiger partial charge is 0.507 e. The molecular formula is C21H18FN5O2. The molecule has 29 heavy (non-hydrogen) atoms. The van der Waals surface area contributed by atoms with Gasteiger partial charge in [-0.15, -0.1) is 0 Å². The number of aromatic hydroxyl groups is 1. The molecule has 1 aliphatic heterocycles. The Kier molecular flexibility index (Phi) is 4.33. The summed E-state index contributed by atoms with van der Waals surface area (Å²) >= 11 is 0. The summed E-state index contributed by atoms with van der Waals surface area (Å²) in [6, 6.07) is 10.6. The predicted octanol–water partition coefficient (Wildman–Crippen LogP) is 3.37. The van der Waals surface area contributed by atoms with Crippen LogP contribution in [0.25, 0.3) is 33.3 Å². The molecule has 0 unspecified atom stereocenters. The lowest BCUT2D eigenvalue weighted by Crippen LogP contribution is -2.36. The van der Waals surface area contributed by atoms with Crippen LogP contribution in [0.4, 0.5) is 10.2 Å². The van der Waals surface area contributed by atoms with Crippen LogP contribution < -0.4 is 4.90 Å². The average Bonchev–Trinajstić information content (AvgIpc) is 3.18. The molecule has 146 valence electrons. The fourth-order valence-corrected chi connectivity index (χ4v) is 3.61.